The van der Waals surface area contributed by atoms with Crippen LogP contribution in [0.25, 0.3) is 0 Å². The molecule has 170 valence electrons. The zero-order chi connectivity index (χ0) is 23.0. The SMILES string of the molecule is O=C(O)CCc1ccc(COc2ccccc2C(=O)NC(CC2CC2)c2ccccc2)cc1. The smallest absolute Gasteiger partial charge is 0.303 e. The number of amides is 1. The predicted octanol–water partition coefficient (Wildman–Crippen LogP) is 5.55. The van der Waals surface area contributed by atoms with Crippen LogP contribution in [0.1, 0.15) is 58.8 Å². The fourth-order valence-corrected chi connectivity index (χ4v) is 3.88. The molecule has 2 N–H and O–H groups in total. The Bertz CT molecular complexity index is 1070. The first-order chi connectivity index (χ1) is 16.1. The highest BCUT2D eigenvalue weighted by molar-refractivity contribution is 5.97. The van der Waals surface area contributed by atoms with Gasteiger partial charge in [0.05, 0.1) is 11.6 Å². The van der Waals surface area contributed by atoms with E-state index in [9.17, 15) is 9.59 Å². The molecule has 1 atom stereocenters. The van der Waals surface area contributed by atoms with Crippen molar-refractivity contribution in [3.8, 4) is 5.75 Å². The van der Waals surface area contributed by atoms with Gasteiger partial charge in [-0.2, -0.15) is 0 Å². The maximum atomic E-state index is 13.2. The molecule has 5 heteroatoms. The number of nitrogens with one attached hydrogen (secondary N) is 1. The standard InChI is InChI=1S/C28H29NO4/c30-27(31)17-16-20-10-14-22(15-11-20)19-33-26-9-5-4-8-24(26)28(32)29-25(18-21-12-13-21)23-6-2-1-3-7-23/h1-11,14-15,21,25H,12-13,16-19H2,(H,29,32)(H,30,31). The van der Waals surface area contributed by atoms with E-state index in [1.165, 1.54) is 12.8 Å². The second-order valence-corrected chi connectivity index (χ2v) is 8.61. The summed E-state index contributed by atoms with van der Waals surface area (Å²) < 4.78 is 6.01. The lowest BCUT2D eigenvalue weighted by Gasteiger charge is -2.20. The quantitative estimate of drug-likeness (QED) is 0.407. The molecule has 0 aliphatic heterocycles. The molecular formula is C28H29NO4. The van der Waals surface area contributed by atoms with Crippen molar-refractivity contribution >= 4 is 11.9 Å². The van der Waals surface area contributed by atoms with Crippen molar-refractivity contribution in [2.45, 2.75) is 44.8 Å². The van der Waals surface area contributed by atoms with E-state index in [1.807, 2.05) is 60.7 Å². The molecule has 1 fully saturated rings. The third kappa shape index (κ3) is 6.69. The van der Waals surface area contributed by atoms with E-state index in [1.54, 1.807) is 6.07 Å². The predicted molar refractivity (Wildman–Crippen MR) is 127 cm³/mol. The van der Waals surface area contributed by atoms with Gasteiger partial charge in [0.15, 0.2) is 0 Å². The van der Waals surface area contributed by atoms with Gasteiger partial charge in [-0.15, -0.1) is 0 Å². The molecule has 1 saturated carbocycles. The molecule has 0 bridgehead atoms. The highest BCUT2D eigenvalue weighted by atomic mass is 16.5. The minimum absolute atomic E-state index is 0.0161. The van der Waals surface area contributed by atoms with Crippen LogP contribution in [0.2, 0.25) is 0 Å². The lowest BCUT2D eigenvalue weighted by molar-refractivity contribution is -0.136. The van der Waals surface area contributed by atoms with Crippen molar-refractivity contribution < 1.29 is 19.4 Å². The van der Waals surface area contributed by atoms with Gasteiger partial charge in [-0.1, -0.05) is 79.6 Å². The summed E-state index contributed by atoms with van der Waals surface area (Å²) in [5, 5.41) is 12.0. The van der Waals surface area contributed by atoms with Gasteiger partial charge < -0.3 is 15.2 Å². The van der Waals surface area contributed by atoms with Gasteiger partial charge in [0.2, 0.25) is 0 Å². The molecule has 0 heterocycles. The van der Waals surface area contributed by atoms with E-state index in [4.69, 9.17) is 9.84 Å². The Hall–Kier alpha value is -3.60. The lowest BCUT2D eigenvalue weighted by atomic mass is 10.0. The molecule has 1 amide bonds. The van der Waals surface area contributed by atoms with Crippen molar-refractivity contribution in [1.29, 1.82) is 0 Å². The highest BCUT2D eigenvalue weighted by Crippen LogP contribution is 2.38. The van der Waals surface area contributed by atoms with Crippen molar-refractivity contribution in [3.05, 3.63) is 101 Å². The van der Waals surface area contributed by atoms with Crippen LogP contribution in [-0.2, 0) is 17.8 Å². The number of carboxylic acid groups (broad SMARTS) is 1. The topological polar surface area (TPSA) is 75.6 Å². The van der Waals surface area contributed by atoms with Crippen LogP contribution in [0.15, 0.2) is 78.9 Å². The van der Waals surface area contributed by atoms with Gasteiger partial charge in [-0.25, -0.2) is 0 Å². The molecule has 0 saturated heterocycles. The average Bonchev–Trinajstić information content (AvgIpc) is 3.66. The Kier molecular flexibility index (Phi) is 7.40. The molecule has 1 aliphatic carbocycles. The van der Waals surface area contributed by atoms with E-state index in [2.05, 4.69) is 17.4 Å². The summed E-state index contributed by atoms with van der Waals surface area (Å²) in [6.45, 7) is 0.327. The summed E-state index contributed by atoms with van der Waals surface area (Å²) in [6, 6.07) is 25.1. The van der Waals surface area contributed by atoms with Crippen molar-refractivity contribution in [2.24, 2.45) is 5.92 Å². The van der Waals surface area contributed by atoms with Gasteiger partial charge in [-0.3, -0.25) is 9.59 Å². The Balaban J connectivity index is 1.41. The Morgan fingerprint density at radius 2 is 1.58 bits per heavy atom. The summed E-state index contributed by atoms with van der Waals surface area (Å²) >= 11 is 0. The molecule has 0 aromatic heterocycles. The minimum Gasteiger partial charge on any atom is -0.488 e. The average molecular weight is 444 g/mol. The number of carbonyl (C=O) groups excluding carboxylic acids is 1. The normalized spacial score (nSPS) is 13.8. The maximum Gasteiger partial charge on any atom is 0.303 e. The number of benzene rings is 3. The largest absolute Gasteiger partial charge is 0.488 e. The molecule has 33 heavy (non-hydrogen) atoms. The van der Waals surface area contributed by atoms with Gasteiger partial charge in [0, 0.05) is 6.42 Å². The third-order valence-corrected chi connectivity index (χ3v) is 5.95. The number of hydrogen-bond acceptors (Lipinski definition) is 3. The first-order valence-electron chi connectivity index (χ1n) is 11.5. The van der Waals surface area contributed by atoms with Crippen molar-refractivity contribution in [1.82, 2.24) is 5.32 Å². The fourth-order valence-electron chi connectivity index (χ4n) is 3.88. The number of carboxylic acids is 1. The summed E-state index contributed by atoms with van der Waals surface area (Å²) in [4.78, 5) is 23.9. The highest BCUT2D eigenvalue weighted by Gasteiger charge is 2.28. The fraction of sp³-hybridized carbons (Fsp3) is 0.286. The van der Waals surface area contributed by atoms with Crippen molar-refractivity contribution in [3.63, 3.8) is 0 Å². The van der Waals surface area contributed by atoms with Crippen LogP contribution in [0.4, 0.5) is 0 Å². The summed E-state index contributed by atoms with van der Waals surface area (Å²) in [5.74, 6) is 0.289. The van der Waals surface area contributed by atoms with E-state index >= 15 is 0 Å². The molecule has 0 spiro atoms. The van der Waals surface area contributed by atoms with Crippen LogP contribution in [0.3, 0.4) is 0 Å². The molecule has 3 aromatic rings. The lowest BCUT2D eigenvalue weighted by Crippen LogP contribution is -2.29. The summed E-state index contributed by atoms with van der Waals surface area (Å²) in [5.41, 5.74) is 3.58. The van der Waals surface area contributed by atoms with Crippen LogP contribution in [0.5, 0.6) is 5.75 Å². The maximum absolute atomic E-state index is 13.2. The number of carbonyl (C=O) groups is 2. The van der Waals surface area contributed by atoms with Crippen LogP contribution >= 0.6 is 0 Å². The third-order valence-electron chi connectivity index (χ3n) is 5.95. The van der Waals surface area contributed by atoms with E-state index in [0.29, 0.717) is 30.3 Å². The Morgan fingerprint density at radius 3 is 2.27 bits per heavy atom. The number of rotatable bonds is 11. The van der Waals surface area contributed by atoms with E-state index in [0.717, 1.165) is 23.1 Å². The van der Waals surface area contributed by atoms with Crippen LogP contribution in [-0.4, -0.2) is 17.0 Å². The monoisotopic (exact) mass is 443 g/mol. The number of aryl methyl sites for hydroxylation is 1. The van der Waals surface area contributed by atoms with Gasteiger partial charge in [0.25, 0.3) is 5.91 Å². The van der Waals surface area contributed by atoms with Crippen LogP contribution < -0.4 is 10.1 Å². The molecule has 1 unspecified atom stereocenters. The number of para-hydroxylation sites is 1. The zero-order valence-electron chi connectivity index (χ0n) is 18.6. The molecule has 0 radical (unpaired) electrons. The van der Waals surface area contributed by atoms with Gasteiger partial charge >= 0.3 is 5.97 Å². The molecule has 1 aliphatic rings. The molecule has 4 rings (SSSR count). The molecular weight excluding hydrogens is 414 g/mol. The number of aliphatic carboxylic acids is 1. The zero-order valence-corrected chi connectivity index (χ0v) is 18.6. The first-order valence-corrected chi connectivity index (χ1v) is 11.5. The van der Waals surface area contributed by atoms with Gasteiger partial charge in [0.1, 0.15) is 12.4 Å². The van der Waals surface area contributed by atoms with Crippen LogP contribution in [0, 0.1) is 5.92 Å². The molecule has 3 aromatic carbocycles. The summed E-state index contributed by atoms with van der Waals surface area (Å²) in [6.07, 6.45) is 4.03. The summed E-state index contributed by atoms with van der Waals surface area (Å²) in [7, 11) is 0. The Labute approximate surface area is 194 Å². The van der Waals surface area contributed by atoms with E-state index in [-0.39, 0.29) is 18.4 Å². The van der Waals surface area contributed by atoms with Gasteiger partial charge in [-0.05, 0) is 47.6 Å². The second kappa shape index (κ2) is 10.8. The first kappa shape index (κ1) is 22.6. The minimum atomic E-state index is -0.802. The number of hydrogen-bond donors (Lipinski definition) is 2. The van der Waals surface area contributed by atoms with Crippen molar-refractivity contribution in [2.75, 3.05) is 0 Å². The van der Waals surface area contributed by atoms with E-state index < -0.39 is 5.97 Å². The Morgan fingerprint density at radius 1 is 0.909 bits per heavy atom. The molecule has 5 nitrogen and oxygen atoms in total. The number of ether oxygens (including phenoxy) is 1. The second-order valence-electron chi connectivity index (χ2n) is 8.61.